The summed E-state index contributed by atoms with van der Waals surface area (Å²) in [5.74, 6) is -0.825. The highest BCUT2D eigenvalue weighted by molar-refractivity contribution is 6.37. The van der Waals surface area contributed by atoms with Crippen LogP contribution in [-0.2, 0) is 9.53 Å². The zero-order chi connectivity index (χ0) is 19.4. The molecule has 0 saturated carbocycles. The van der Waals surface area contributed by atoms with Crippen molar-refractivity contribution in [2.75, 3.05) is 11.6 Å². The van der Waals surface area contributed by atoms with E-state index in [9.17, 15) is 18.0 Å². The Labute approximate surface area is 154 Å². The van der Waals surface area contributed by atoms with Crippen LogP contribution in [0.4, 0.5) is 18.9 Å². The molecule has 1 heterocycles. The second-order valence-corrected chi connectivity index (χ2v) is 5.78. The third-order valence-electron chi connectivity index (χ3n) is 3.94. The normalized spacial score (nSPS) is 16.8. The van der Waals surface area contributed by atoms with Gasteiger partial charge in [0.15, 0.2) is 0 Å². The molecule has 2 aromatic carbocycles. The second kappa shape index (κ2) is 7.69. The molecule has 2 aromatic rings. The van der Waals surface area contributed by atoms with Crippen LogP contribution >= 0.6 is 0 Å². The Hall–Kier alpha value is -3.03. The van der Waals surface area contributed by atoms with Crippen LogP contribution in [0.3, 0.4) is 0 Å². The topological polar surface area (TPSA) is 51.1 Å². The number of nitrogens with zero attached hydrogens (tertiary/aromatic N) is 2. The van der Waals surface area contributed by atoms with Crippen molar-refractivity contribution in [2.45, 2.75) is 25.7 Å². The van der Waals surface area contributed by atoms with Gasteiger partial charge in [-0.3, -0.25) is 5.01 Å². The van der Waals surface area contributed by atoms with E-state index in [0.29, 0.717) is 12.1 Å². The number of carbonyl (C=O) groups excluding carboxylic acids is 1. The minimum Gasteiger partial charge on any atom is -0.461 e. The summed E-state index contributed by atoms with van der Waals surface area (Å²) in [7, 11) is 0. The summed E-state index contributed by atoms with van der Waals surface area (Å²) in [6.45, 7) is 1.94. The Morgan fingerprint density at radius 3 is 2.41 bits per heavy atom. The number of esters is 1. The first-order valence-electron chi connectivity index (χ1n) is 8.32. The van der Waals surface area contributed by atoms with Crippen LogP contribution in [0.5, 0.6) is 5.75 Å². The van der Waals surface area contributed by atoms with Crippen LogP contribution in [0.25, 0.3) is 0 Å². The highest BCUT2D eigenvalue weighted by atomic mass is 19.4. The standard InChI is InChI=1S/C19H17F3N2O3/c1-2-26-18(25)16-12-17(13-6-4-3-5-7-13)24(23-16)14-8-10-15(11-9-14)27-19(20,21)22/h3-11,17H,2,12H2,1H3. The smallest absolute Gasteiger partial charge is 0.461 e. The highest BCUT2D eigenvalue weighted by Gasteiger charge is 2.34. The fourth-order valence-electron chi connectivity index (χ4n) is 2.82. The molecule has 0 saturated heterocycles. The maximum absolute atomic E-state index is 12.3. The van der Waals surface area contributed by atoms with Gasteiger partial charge in [0.2, 0.25) is 0 Å². The van der Waals surface area contributed by atoms with Gasteiger partial charge < -0.3 is 9.47 Å². The number of carbonyl (C=O) groups is 1. The van der Waals surface area contributed by atoms with Crippen LogP contribution < -0.4 is 9.75 Å². The van der Waals surface area contributed by atoms with Gasteiger partial charge in [-0.1, -0.05) is 30.3 Å². The lowest BCUT2D eigenvalue weighted by Crippen LogP contribution is -2.19. The molecule has 0 bridgehead atoms. The van der Waals surface area contributed by atoms with E-state index >= 15 is 0 Å². The lowest BCUT2D eigenvalue weighted by molar-refractivity contribution is -0.274. The minimum atomic E-state index is -4.75. The Kier molecular flexibility index (Phi) is 5.34. The fraction of sp³-hybridized carbons (Fsp3) is 0.263. The van der Waals surface area contributed by atoms with Crippen molar-refractivity contribution in [1.82, 2.24) is 0 Å². The number of rotatable bonds is 5. The van der Waals surface area contributed by atoms with E-state index in [0.717, 1.165) is 5.56 Å². The summed E-state index contributed by atoms with van der Waals surface area (Å²) < 4.78 is 45.9. The summed E-state index contributed by atoms with van der Waals surface area (Å²) in [6.07, 6.45) is -4.42. The highest BCUT2D eigenvalue weighted by Crippen LogP contribution is 2.36. The number of halogens is 3. The molecule has 8 heteroatoms. The molecule has 27 heavy (non-hydrogen) atoms. The Morgan fingerprint density at radius 2 is 1.81 bits per heavy atom. The Bertz CT molecular complexity index is 820. The van der Waals surface area contributed by atoms with Gasteiger partial charge in [0.25, 0.3) is 0 Å². The molecule has 1 atom stereocenters. The molecule has 3 rings (SSSR count). The van der Waals surface area contributed by atoms with Gasteiger partial charge in [-0.2, -0.15) is 5.10 Å². The van der Waals surface area contributed by atoms with Gasteiger partial charge in [-0.25, -0.2) is 4.79 Å². The van der Waals surface area contributed by atoms with E-state index in [-0.39, 0.29) is 24.1 Å². The molecule has 5 nitrogen and oxygen atoms in total. The van der Waals surface area contributed by atoms with Crippen molar-refractivity contribution in [3.8, 4) is 5.75 Å². The van der Waals surface area contributed by atoms with Crippen LogP contribution in [-0.4, -0.2) is 24.7 Å². The molecule has 142 valence electrons. The first-order valence-corrected chi connectivity index (χ1v) is 8.32. The number of hydrogen-bond acceptors (Lipinski definition) is 5. The molecule has 0 radical (unpaired) electrons. The lowest BCUT2D eigenvalue weighted by atomic mass is 10.0. The number of hydrogen-bond donors (Lipinski definition) is 0. The molecule has 0 aliphatic carbocycles. The Balaban J connectivity index is 1.89. The molecule has 1 unspecified atom stereocenters. The van der Waals surface area contributed by atoms with Crippen LogP contribution in [0.1, 0.15) is 24.9 Å². The molecular formula is C19H17F3N2O3. The van der Waals surface area contributed by atoms with E-state index in [1.807, 2.05) is 30.3 Å². The number of anilines is 1. The van der Waals surface area contributed by atoms with Gasteiger partial charge in [0.1, 0.15) is 11.5 Å². The van der Waals surface area contributed by atoms with Gasteiger partial charge >= 0.3 is 12.3 Å². The zero-order valence-electron chi connectivity index (χ0n) is 14.4. The quantitative estimate of drug-likeness (QED) is 0.721. The first kappa shape index (κ1) is 18.8. The molecule has 0 fully saturated rings. The van der Waals surface area contributed by atoms with Crippen molar-refractivity contribution >= 4 is 17.4 Å². The van der Waals surface area contributed by atoms with Crippen LogP contribution in [0, 0.1) is 0 Å². The monoisotopic (exact) mass is 378 g/mol. The Morgan fingerprint density at radius 1 is 1.15 bits per heavy atom. The number of alkyl halides is 3. The van der Waals surface area contributed by atoms with Crippen LogP contribution in [0.15, 0.2) is 59.7 Å². The van der Waals surface area contributed by atoms with E-state index < -0.39 is 12.3 Å². The van der Waals surface area contributed by atoms with Gasteiger partial charge in [-0.05, 0) is 36.8 Å². The average molecular weight is 378 g/mol. The van der Waals surface area contributed by atoms with Crippen molar-refractivity contribution in [3.05, 3.63) is 60.2 Å². The van der Waals surface area contributed by atoms with E-state index in [2.05, 4.69) is 9.84 Å². The van der Waals surface area contributed by atoms with Gasteiger partial charge in [0, 0.05) is 6.42 Å². The van der Waals surface area contributed by atoms with E-state index in [4.69, 9.17) is 4.74 Å². The maximum Gasteiger partial charge on any atom is 0.573 e. The van der Waals surface area contributed by atoms with Crippen LogP contribution in [0.2, 0.25) is 0 Å². The van der Waals surface area contributed by atoms with Gasteiger partial charge in [-0.15, -0.1) is 13.2 Å². The van der Waals surface area contributed by atoms with E-state index in [1.165, 1.54) is 24.3 Å². The van der Waals surface area contributed by atoms with Crippen molar-refractivity contribution < 1.29 is 27.4 Å². The van der Waals surface area contributed by atoms with Crippen molar-refractivity contribution in [3.63, 3.8) is 0 Å². The van der Waals surface area contributed by atoms with Crippen molar-refractivity contribution in [1.29, 1.82) is 0 Å². The average Bonchev–Trinajstić information content (AvgIpc) is 3.07. The molecule has 0 amide bonds. The molecule has 1 aliphatic rings. The largest absolute Gasteiger partial charge is 0.573 e. The SMILES string of the molecule is CCOC(=O)C1=NN(c2ccc(OC(F)(F)F)cc2)C(c2ccccc2)C1. The summed E-state index contributed by atoms with van der Waals surface area (Å²) in [5, 5.41) is 5.96. The minimum absolute atomic E-state index is 0.233. The maximum atomic E-state index is 12.3. The predicted octanol–water partition coefficient (Wildman–Crippen LogP) is 4.46. The zero-order valence-corrected chi connectivity index (χ0v) is 14.4. The molecule has 0 N–H and O–H groups in total. The predicted molar refractivity (Wildman–Crippen MR) is 93.5 cm³/mol. The number of ether oxygens (including phenoxy) is 2. The molecular weight excluding hydrogens is 361 g/mol. The summed E-state index contributed by atoms with van der Waals surface area (Å²) in [6, 6.07) is 14.5. The molecule has 0 aromatic heterocycles. The first-order chi connectivity index (χ1) is 12.9. The fourth-order valence-corrected chi connectivity index (χ4v) is 2.82. The van der Waals surface area contributed by atoms with E-state index in [1.54, 1.807) is 11.9 Å². The molecule has 1 aliphatic heterocycles. The summed E-state index contributed by atoms with van der Waals surface area (Å²) >= 11 is 0. The number of hydrazone groups is 1. The second-order valence-electron chi connectivity index (χ2n) is 5.78. The van der Waals surface area contributed by atoms with Crippen molar-refractivity contribution in [2.24, 2.45) is 5.10 Å². The summed E-state index contributed by atoms with van der Waals surface area (Å²) in [5.41, 5.74) is 1.73. The molecule has 0 spiro atoms. The number of benzene rings is 2. The third-order valence-corrected chi connectivity index (χ3v) is 3.94. The lowest BCUT2D eigenvalue weighted by Gasteiger charge is -2.24. The van der Waals surface area contributed by atoms with Gasteiger partial charge in [0.05, 0.1) is 18.3 Å². The summed E-state index contributed by atoms with van der Waals surface area (Å²) in [4.78, 5) is 12.1. The third kappa shape index (κ3) is 4.58.